The molecule has 1 aliphatic heterocycles. The van der Waals surface area contributed by atoms with Crippen molar-refractivity contribution in [3.05, 3.63) is 47.5 Å². The highest BCUT2D eigenvalue weighted by molar-refractivity contribution is 8.38. The van der Waals surface area contributed by atoms with E-state index in [0.29, 0.717) is 29.1 Å². The second-order valence-electron chi connectivity index (χ2n) is 8.08. The monoisotopic (exact) mass is 529 g/mol. The molecule has 2 aliphatic rings. The van der Waals surface area contributed by atoms with Gasteiger partial charge in [-0.2, -0.15) is 0 Å². The second-order valence-corrected chi connectivity index (χ2v) is 10.2. The molecule has 2 aromatic carbocycles. The largest absolute Gasteiger partial charge is 0.387 e. The number of amides is 4. The Kier molecular flexibility index (Phi) is 8.09. The summed E-state index contributed by atoms with van der Waals surface area (Å²) < 4.78 is 5.40. The molecule has 188 valence electrons. The standard InChI is InChI=1S/C24H23N3O7S2/c1-34-11-21(30)26-14-3-5-16-15-4-2-13(25-20(29)10-28)8-17(15)19(18(16)9-14)12-35-24(33)36-27-22(31)6-7-23(27)32/h2-5,8-9,19,28H,6-7,10-12H2,1H3,(H,25,29)(H,26,30). The number of carbonyl (C=O) groups is 5. The molecule has 0 aromatic heterocycles. The van der Waals surface area contributed by atoms with Crippen molar-refractivity contribution in [2.24, 2.45) is 0 Å². The Bertz CT molecular complexity index is 1230. The maximum atomic E-state index is 12.6. The number of rotatable bonds is 8. The van der Waals surface area contributed by atoms with Crippen molar-refractivity contribution in [2.75, 3.05) is 36.7 Å². The summed E-state index contributed by atoms with van der Waals surface area (Å²) in [5.74, 6) is -1.59. The maximum absolute atomic E-state index is 12.6. The summed E-state index contributed by atoms with van der Waals surface area (Å²) in [7, 11) is 1.43. The van der Waals surface area contributed by atoms with E-state index in [1.54, 1.807) is 18.2 Å². The third-order valence-corrected chi connectivity index (χ3v) is 7.72. The number of benzene rings is 2. The summed E-state index contributed by atoms with van der Waals surface area (Å²) in [5, 5.41) is 14.5. The minimum Gasteiger partial charge on any atom is -0.387 e. The number of thioether (sulfide) groups is 1. The predicted molar refractivity (Wildman–Crippen MR) is 136 cm³/mol. The van der Waals surface area contributed by atoms with Crippen LogP contribution >= 0.6 is 23.7 Å². The van der Waals surface area contributed by atoms with E-state index in [1.165, 1.54) is 7.11 Å². The van der Waals surface area contributed by atoms with Crippen molar-refractivity contribution >= 4 is 63.2 Å². The third kappa shape index (κ3) is 5.62. The predicted octanol–water partition coefficient (Wildman–Crippen LogP) is 2.97. The minimum atomic E-state index is -0.652. The summed E-state index contributed by atoms with van der Waals surface area (Å²) in [6, 6.07) is 10.9. The molecule has 1 unspecified atom stereocenters. The van der Waals surface area contributed by atoms with Crippen LogP contribution in [0, 0.1) is 0 Å². The molecule has 36 heavy (non-hydrogen) atoms. The number of imide groups is 1. The molecule has 0 saturated carbocycles. The van der Waals surface area contributed by atoms with Gasteiger partial charge in [0.2, 0.25) is 23.6 Å². The molecule has 0 radical (unpaired) electrons. The van der Waals surface area contributed by atoms with Crippen molar-refractivity contribution in [1.29, 1.82) is 0 Å². The minimum absolute atomic E-state index is 0.0931. The molecule has 0 spiro atoms. The number of aliphatic hydroxyl groups excluding tert-OH is 1. The zero-order valence-electron chi connectivity index (χ0n) is 19.2. The van der Waals surface area contributed by atoms with Gasteiger partial charge >= 0.3 is 0 Å². The van der Waals surface area contributed by atoms with Gasteiger partial charge in [-0.1, -0.05) is 23.9 Å². The molecular weight excluding hydrogens is 506 g/mol. The number of nitrogens with zero attached hydrogens (tertiary/aromatic N) is 1. The van der Waals surface area contributed by atoms with E-state index in [4.69, 9.17) is 9.84 Å². The van der Waals surface area contributed by atoms with Gasteiger partial charge in [0.05, 0.1) is 0 Å². The highest BCUT2D eigenvalue weighted by Gasteiger charge is 2.34. The highest BCUT2D eigenvalue weighted by atomic mass is 32.2. The molecule has 0 bridgehead atoms. The van der Waals surface area contributed by atoms with Crippen LogP contribution in [0.2, 0.25) is 0 Å². The lowest BCUT2D eigenvalue weighted by Crippen LogP contribution is -2.22. The van der Waals surface area contributed by atoms with Crippen LogP contribution in [0.3, 0.4) is 0 Å². The zero-order chi connectivity index (χ0) is 25.8. The average Bonchev–Trinajstić information content (AvgIpc) is 3.33. The van der Waals surface area contributed by atoms with Crippen molar-refractivity contribution < 1.29 is 33.8 Å². The Morgan fingerprint density at radius 3 is 2.06 bits per heavy atom. The molecular formula is C24H23N3O7S2. The van der Waals surface area contributed by atoms with Gasteiger partial charge < -0.3 is 20.5 Å². The first-order valence-corrected chi connectivity index (χ1v) is 12.7. The van der Waals surface area contributed by atoms with Crippen molar-refractivity contribution in [1.82, 2.24) is 4.31 Å². The Balaban J connectivity index is 1.59. The van der Waals surface area contributed by atoms with E-state index in [0.717, 1.165) is 38.3 Å². The van der Waals surface area contributed by atoms with Gasteiger partial charge in [0.25, 0.3) is 4.45 Å². The zero-order valence-corrected chi connectivity index (χ0v) is 20.9. The Labute approximate surface area is 215 Å². The number of carbonyl (C=O) groups excluding carboxylic acids is 5. The van der Waals surface area contributed by atoms with E-state index in [1.807, 2.05) is 18.2 Å². The molecule has 1 heterocycles. The van der Waals surface area contributed by atoms with Crippen LogP contribution in [-0.4, -0.2) is 63.6 Å². The Morgan fingerprint density at radius 1 is 0.972 bits per heavy atom. The first-order chi connectivity index (χ1) is 17.3. The van der Waals surface area contributed by atoms with Crippen LogP contribution in [0.1, 0.15) is 29.9 Å². The molecule has 4 amide bonds. The van der Waals surface area contributed by atoms with Gasteiger partial charge in [0.1, 0.15) is 13.2 Å². The lowest BCUT2D eigenvalue weighted by atomic mass is 9.98. The third-order valence-electron chi connectivity index (χ3n) is 5.67. The molecule has 10 nitrogen and oxygen atoms in total. The molecule has 1 atom stereocenters. The number of hydrogen-bond donors (Lipinski definition) is 3. The normalized spacial score (nSPS) is 16.1. The summed E-state index contributed by atoms with van der Waals surface area (Å²) in [4.78, 5) is 60.1. The molecule has 2 aromatic rings. The van der Waals surface area contributed by atoms with Gasteiger partial charge in [-0.05, 0) is 46.5 Å². The topological polar surface area (TPSA) is 142 Å². The van der Waals surface area contributed by atoms with Crippen LogP contribution in [0.5, 0.6) is 0 Å². The first kappa shape index (κ1) is 25.9. The average molecular weight is 530 g/mol. The van der Waals surface area contributed by atoms with E-state index in [9.17, 15) is 24.0 Å². The lowest BCUT2D eigenvalue weighted by Gasteiger charge is -2.16. The quantitative estimate of drug-likeness (QED) is 0.347. The fraction of sp³-hybridized carbons (Fsp3) is 0.292. The number of ether oxygens (including phenoxy) is 1. The number of anilines is 2. The van der Waals surface area contributed by atoms with E-state index in [-0.39, 0.29) is 47.5 Å². The molecule has 1 fully saturated rings. The van der Waals surface area contributed by atoms with Gasteiger partial charge in [-0.25, -0.2) is 4.31 Å². The number of hydrogen-bond acceptors (Lipinski definition) is 9. The van der Waals surface area contributed by atoms with E-state index < -0.39 is 12.5 Å². The number of aliphatic hydroxyl groups is 1. The van der Waals surface area contributed by atoms with E-state index in [2.05, 4.69) is 10.6 Å². The molecule has 4 rings (SSSR count). The Morgan fingerprint density at radius 2 is 1.53 bits per heavy atom. The number of nitrogens with one attached hydrogen (secondary N) is 2. The van der Waals surface area contributed by atoms with Crippen LogP contribution in [-0.2, 0) is 23.9 Å². The number of fused-ring (bicyclic) bond motifs is 3. The highest BCUT2D eigenvalue weighted by Crippen LogP contribution is 2.48. The lowest BCUT2D eigenvalue weighted by molar-refractivity contribution is -0.131. The molecule has 3 N–H and O–H groups in total. The van der Waals surface area contributed by atoms with Crippen LogP contribution in [0.15, 0.2) is 36.4 Å². The Hall–Kier alpha value is -3.19. The van der Waals surface area contributed by atoms with Crippen molar-refractivity contribution in [3.8, 4) is 11.1 Å². The van der Waals surface area contributed by atoms with Crippen LogP contribution in [0.25, 0.3) is 11.1 Å². The fourth-order valence-electron chi connectivity index (χ4n) is 4.13. The number of methoxy groups -OCH3 is 1. The van der Waals surface area contributed by atoms with E-state index >= 15 is 0 Å². The molecule has 12 heteroatoms. The fourth-order valence-corrected chi connectivity index (χ4v) is 5.97. The summed E-state index contributed by atoms with van der Waals surface area (Å²) >= 11 is 1.59. The summed E-state index contributed by atoms with van der Waals surface area (Å²) in [5.41, 5.74) is 4.64. The summed E-state index contributed by atoms with van der Waals surface area (Å²) in [6.45, 7) is -0.745. The van der Waals surface area contributed by atoms with Crippen molar-refractivity contribution in [2.45, 2.75) is 18.8 Å². The maximum Gasteiger partial charge on any atom is 0.267 e. The van der Waals surface area contributed by atoms with Gasteiger partial charge in [-0.15, -0.1) is 0 Å². The van der Waals surface area contributed by atoms with Gasteiger partial charge in [0.15, 0.2) is 0 Å². The SMILES string of the molecule is COCC(=O)Nc1ccc2c(c1)C(CSC(=O)SN1C(=O)CCC1=O)c1cc(NC(=O)CO)ccc1-2. The molecule has 1 aliphatic carbocycles. The van der Waals surface area contributed by atoms with Gasteiger partial charge in [-0.3, -0.25) is 24.0 Å². The van der Waals surface area contributed by atoms with Crippen LogP contribution < -0.4 is 10.6 Å². The van der Waals surface area contributed by atoms with Gasteiger partial charge in [0, 0.05) is 54.9 Å². The first-order valence-electron chi connectivity index (χ1n) is 11.0. The smallest absolute Gasteiger partial charge is 0.267 e. The summed E-state index contributed by atoms with van der Waals surface area (Å²) in [6.07, 6.45) is 0.208. The second kappa shape index (κ2) is 11.2. The van der Waals surface area contributed by atoms with Crippen molar-refractivity contribution in [3.63, 3.8) is 0 Å². The van der Waals surface area contributed by atoms with Crippen LogP contribution in [0.4, 0.5) is 16.2 Å². The molecule has 1 saturated heterocycles.